The normalized spacial score (nSPS) is 10.9. The third-order valence-electron chi connectivity index (χ3n) is 3.62. The fourth-order valence-electron chi connectivity index (χ4n) is 2.39. The smallest absolute Gasteiger partial charge is 0.336 e. The van der Waals surface area contributed by atoms with Gasteiger partial charge in [0.15, 0.2) is 0 Å². The zero-order chi connectivity index (χ0) is 16.6. The van der Waals surface area contributed by atoms with Crippen molar-refractivity contribution < 1.29 is 13.9 Å². The van der Waals surface area contributed by atoms with Gasteiger partial charge in [0.1, 0.15) is 17.1 Å². The first-order valence-electron chi connectivity index (χ1n) is 6.90. The minimum Gasteiger partial charge on any atom is -0.508 e. The Kier molecular flexibility index (Phi) is 3.96. The summed E-state index contributed by atoms with van der Waals surface area (Å²) in [5.74, 6) is -0.423. The van der Waals surface area contributed by atoms with Crippen molar-refractivity contribution in [3.05, 3.63) is 68.8 Å². The number of fused-ring (bicyclic) bond motifs is 1. The van der Waals surface area contributed by atoms with Gasteiger partial charge in [0.05, 0.1) is 5.69 Å². The van der Waals surface area contributed by atoms with Crippen LogP contribution in [0.4, 0.5) is 10.1 Å². The van der Waals surface area contributed by atoms with Gasteiger partial charge < -0.3 is 14.8 Å². The summed E-state index contributed by atoms with van der Waals surface area (Å²) in [6.45, 7) is 1.89. The number of benzene rings is 2. The summed E-state index contributed by atoms with van der Waals surface area (Å²) in [5.41, 5.74) is 1.21. The number of phenolic OH excluding ortho intramolecular Hbond substituents is 1. The lowest BCUT2D eigenvalue weighted by Crippen LogP contribution is -2.07. The third-order valence-corrected chi connectivity index (χ3v) is 3.85. The second kappa shape index (κ2) is 5.93. The van der Waals surface area contributed by atoms with Crippen LogP contribution >= 0.6 is 11.6 Å². The molecular formula is C17H13ClFNO3. The molecule has 23 heavy (non-hydrogen) atoms. The predicted octanol–water partition coefficient (Wildman–Crippen LogP) is 4.21. The Morgan fingerprint density at radius 1 is 1.26 bits per heavy atom. The van der Waals surface area contributed by atoms with Crippen molar-refractivity contribution in [2.24, 2.45) is 0 Å². The number of phenols is 1. The van der Waals surface area contributed by atoms with E-state index >= 15 is 0 Å². The van der Waals surface area contributed by atoms with E-state index < -0.39 is 11.4 Å². The number of aryl methyl sites for hydroxylation is 1. The number of aromatic hydroxyl groups is 1. The Balaban J connectivity index is 2.00. The summed E-state index contributed by atoms with van der Waals surface area (Å²) in [6.07, 6.45) is 0. The summed E-state index contributed by atoms with van der Waals surface area (Å²) in [6, 6.07) is 8.86. The average Bonchev–Trinajstić information content (AvgIpc) is 2.50. The topological polar surface area (TPSA) is 62.5 Å². The van der Waals surface area contributed by atoms with Gasteiger partial charge >= 0.3 is 5.63 Å². The van der Waals surface area contributed by atoms with Gasteiger partial charge in [-0.15, -0.1) is 0 Å². The van der Waals surface area contributed by atoms with E-state index in [1.165, 1.54) is 24.3 Å². The molecule has 0 saturated heterocycles. The minimum atomic E-state index is -0.528. The molecule has 0 atom stereocenters. The van der Waals surface area contributed by atoms with Gasteiger partial charge in [-0.2, -0.15) is 0 Å². The zero-order valence-electron chi connectivity index (χ0n) is 12.2. The van der Waals surface area contributed by atoms with E-state index in [9.17, 15) is 14.3 Å². The molecule has 0 bridgehead atoms. The zero-order valence-corrected chi connectivity index (χ0v) is 12.9. The van der Waals surface area contributed by atoms with Crippen LogP contribution in [0.1, 0.15) is 11.1 Å². The Morgan fingerprint density at radius 3 is 2.78 bits per heavy atom. The molecule has 0 aliphatic rings. The molecule has 0 radical (unpaired) electrons. The molecule has 0 amide bonds. The third kappa shape index (κ3) is 3.00. The van der Waals surface area contributed by atoms with E-state index in [1.807, 2.05) is 0 Å². The first kappa shape index (κ1) is 15.4. The summed E-state index contributed by atoms with van der Waals surface area (Å²) < 4.78 is 19.0. The van der Waals surface area contributed by atoms with Crippen LogP contribution in [0.3, 0.4) is 0 Å². The quantitative estimate of drug-likeness (QED) is 0.705. The summed E-state index contributed by atoms with van der Waals surface area (Å²) in [5, 5.41) is 13.7. The molecule has 6 heteroatoms. The van der Waals surface area contributed by atoms with Gasteiger partial charge in [-0.1, -0.05) is 11.6 Å². The number of hydrogen-bond donors (Lipinski definition) is 2. The maximum Gasteiger partial charge on any atom is 0.336 e. The van der Waals surface area contributed by atoms with Crippen LogP contribution in [0.5, 0.6) is 5.75 Å². The van der Waals surface area contributed by atoms with Crippen LogP contribution in [0.15, 0.2) is 45.6 Å². The van der Waals surface area contributed by atoms with Gasteiger partial charge in [0.25, 0.3) is 0 Å². The van der Waals surface area contributed by atoms with Gasteiger partial charge in [0, 0.05) is 28.6 Å². The van der Waals surface area contributed by atoms with Crippen molar-refractivity contribution >= 4 is 28.3 Å². The fraction of sp³-hybridized carbons (Fsp3) is 0.118. The molecule has 0 aliphatic heterocycles. The summed E-state index contributed by atoms with van der Waals surface area (Å²) >= 11 is 5.72. The molecule has 0 saturated carbocycles. The van der Waals surface area contributed by atoms with E-state index in [0.29, 0.717) is 27.1 Å². The van der Waals surface area contributed by atoms with Gasteiger partial charge in [-0.05, 0) is 42.8 Å². The van der Waals surface area contributed by atoms with Crippen molar-refractivity contribution in [1.82, 2.24) is 0 Å². The second-order valence-corrected chi connectivity index (χ2v) is 5.59. The lowest BCUT2D eigenvalue weighted by Gasteiger charge is -2.11. The van der Waals surface area contributed by atoms with Crippen LogP contribution in [0.25, 0.3) is 11.0 Å². The molecule has 0 fully saturated rings. The highest BCUT2D eigenvalue weighted by Crippen LogP contribution is 2.28. The number of nitrogens with one attached hydrogen (secondary N) is 1. The highest BCUT2D eigenvalue weighted by molar-refractivity contribution is 6.30. The van der Waals surface area contributed by atoms with Crippen molar-refractivity contribution in [3.8, 4) is 5.75 Å². The molecule has 4 nitrogen and oxygen atoms in total. The van der Waals surface area contributed by atoms with Crippen LogP contribution in [-0.2, 0) is 6.54 Å². The molecule has 1 aromatic heterocycles. The summed E-state index contributed by atoms with van der Waals surface area (Å²) in [4.78, 5) is 11.7. The lowest BCUT2D eigenvalue weighted by atomic mass is 10.1. The Morgan fingerprint density at radius 2 is 2.04 bits per heavy atom. The first-order valence-corrected chi connectivity index (χ1v) is 7.28. The van der Waals surface area contributed by atoms with Gasteiger partial charge in [0.2, 0.25) is 0 Å². The molecule has 0 aliphatic carbocycles. The average molecular weight is 334 g/mol. The van der Waals surface area contributed by atoms with E-state index in [1.54, 1.807) is 19.1 Å². The molecular weight excluding hydrogens is 321 g/mol. The first-order chi connectivity index (χ1) is 11.0. The lowest BCUT2D eigenvalue weighted by molar-refractivity contribution is 0.468. The molecule has 0 unspecified atom stereocenters. The number of anilines is 1. The van der Waals surface area contributed by atoms with Gasteiger partial charge in [-0.25, -0.2) is 9.18 Å². The fourth-order valence-corrected chi connectivity index (χ4v) is 2.54. The van der Waals surface area contributed by atoms with Crippen molar-refractivity contribution in [2.75, 3.05) is 5.32 Å². The van der Waals surface area contributed by atoms with Crippen LogP contribution < -0.4 is 10.9 Å². The van der Waals surface area contributed by atoms with Crippen molar-refractivity contribution in [2.45, 2.75) is 13.5 Å². The maximum atomic E-state index is 13.8. The Bertz CT molecular complexity index is 952. The van der Waals surface area contributed by atoms with Crippen LogP contribution in [0, 0.1) is 12.7 Å². The van der Waals surface area contributed by atoms with E-state index in [-0.39, 0.29) is 18.0 Å². The summed E-state index contributed by atoms with van der Waals surface area (Å²) in [7, 11) is 0. The SMILES string of the molecule is Cc1c(O)ccc2c(CNc3ccc(Cl)cc3F)cc(=O)oc12. The Labute approximate surface area is 136 Å². The minimum absolute atomic E-state index is 0.0505. The van der Waals surface area contributed by atoms with Crippen LogP contribution in [0.2, 0.25) is 5.02 Å². The van der Waals surface area contributed by atoms with Gasteiger partial charge in [-0.3, -0.25) is 0 Å². The highest BCUT2D eigenvalue weighted by atomic mass is 35.5. The largest absolute Gasteiger partial charge is 0.508 e. The van der Waals surface area contributed by atoms with E-state index in [2.05, 4.69) is 5.32 Å². The molecule has 0 spiro atoms. The van der Waals surface area contributed by atoms with Crippen LogP contribution in [-0.4, -0.2) is 5.11 Å². The highest BCUT2D eigenvalue weighted by Gasteiger charge is 2.11. The molecule has 118 valence electrons. The number of hydrogen-bond acceptors (Lipinski definition) is 4. The molecule has 3 rings (SSSR count). The number of halogens is 2. The van der Waals surface area contributed by atoms with Crippen molar-refractivity contribution in [3.63, 3.8) is 0 Å². The van der Waals surface area contributed by atoms with E-state index in [0.717, 1.165) is 0 Å². The predicted molar refractivity (Wildman–Crippen MR) is 87.6 cm³/mol. The molecule has 2 aromatic carbocycles. The second-order valence-electron chi connectivity index (χ2n) is 5.15. The number of rotatable bonds is 3. The Hall–Kier alpha value is -2.53. The molecule has 1 heterocycles. The van der Waals surface area contributed by atoms with Crippen molar-refractivity contribution in [1.29, 1.82) is 0 Å². The molecule has 3 aromatic rings. The maximum absolute atomic E-state index is 13.8. The van der Waals surface area contributed by atoms with E-state index in [4.69, 9.17) is 16.0 Å². The molecule has 2 N–H and O–H groups in total. The standard InChI is InChI=1S/C17H13ClFNO3/c1-9-15(21)5-3-12-10(6-16(22)23-17(9)12)8-20-14-4-2-11(18)7-13(14)19/h2-7,20-21H,8H2,1H3. The monoisotopic (exact) mass is 333 g/mol.